The molecular weight excluding hydrogens is 300 g/mol. The van der Waals surface area contributed by atoms with Crippen LogP contribution in [0, 0.1) is 6.92 Å². The van der Waals surface area contributed by atoms with E-state index in [2.05, 4.69) is 34.8 Å². The summed E-state index contributed by atoms with van der Waals surface area (Å²) in [4.78, 5) is 4.70. The van der Waals surface area contributed by atoms with E-state index in [0.29, 0.717) is 5.13 Å². The second-order valence-electron chi connectivity index (χ2n) is 4.99. The minimum Gasteiger partial charge on any atom is -0.375 e. The van der Waals surface area contributed by atoms with Crippen molar-refractivity contribution in [3.63, 3.8) is 0 Å². The molecule has 2 aromatic rings. The van der Waals surface area contributed by atoms with E-state index in [-0.39, 0.29) is 0 Å². The molecule has 0 saturated heterocycles. The average molecular weight is 318 g/mol. The number of nitrogens with zero attached hydrogens (tertiary/aromatic N) is 1. The molecule has 1 aliphatic rings. The zero-order valence-electron chi connectivity index (χ0n) is 12.0. The molecule has 0 saturated carbocycles. The third-order valence-electron chi connectivity index (χ3n) is 3.54. The molecule has 0 fully saturated rings. The highest BCUT2D eigenvalue weighted by atomic mass is 32.2. The van der Waals surface area contributed by atoms with Gasteiger partial charge in [-0.1, -0.05) is 54.3 Å². The maximum Gasteiger partial charge on any atom is 0.180 e. The largest absolute Gasteiger partial charge is 0.375 e. The van der Waals surface area contributed by atoms with Gasteiger partial charge in [0.05, 0.1) is 16.3 Å². The zero-order chi connectivity index (χ0) is 15.0. The molecule has 2 heterocycles. The molecule has 1 atom stereocenters. The number of rotatable bonds is 3. The molecule has 0 bridgehead atoms. The van der Waals surface area contributed by atoms with Gasteiger partial charge in [0, 0.05) is 5.56 Å². The first-order valence-electron chi connectivity index (χ1n) is 6.80. The summed E-state index contributed by atoms with van der Waals surface area (Å²) in [6.07, 6.45) is 0.958. The third kappa shape index (κ3) is 2.54. The van der Waals surface area contributed by atoms with Crippen LogP contribution in [0.1, 0.15) is 28.6 Å². The molecule has 0 aliphatic carbocycles. The zero-order valence-corrected chi connectivity index (χ0v) is 13.6. The summed E-state index contributed by atoms with van der Waals surface area (Å²) in [5.74, 6) is 0. The van der Waals surface area contributed by atoms with Crippen molar-refractivity contribution in [2.75, 3.05) is 5.73 Å². The van der Waals surface area contributed by atoms with E-state index < -0.39 is 4.99 Å². The van der Waals surface area contributed by atoms with E-state index in [1.165, 1.54) is 16.9 Å². The van der Waals surface area contributed by atoms with E-state index in [9.17, 15) is 0 Å². The van der Waals surface area contributed by atoms with Crippen LogP contribution in [0.15, 0.2) is 29.7 Å². The monoisotopic (exact) mass is 318 g/mol. The van der Waals surface area contributed by atoms with Gasteiger partial charge in [-0.15, -0.1) is 0 Å². The van der Waals surface area contributed by atoms with Gasteiger partial charge in [-0.25, -0.2) is 4.98 Å². The number of nitrogens with two attached hydrogens (primary N) is 2. The summed E-state index contributed by atoms with van der Waals surface area (Å²) in [5, 5.41) is 6.09. The number of thioether (sulfide) groups is 1. The summed E-state index contributed by atoms with van der Waals surface area (Å²) in [6, 6.07) is 8.29. The van der Waals surface area contributed by atoms with Gasteiger partial charge in [-0.2, -0.15) is 0 Å². The third-order valence-corrected chi connectivity index (χ3v) is 5.61. The predicted octanol–water partition coefficient (Wildman–Crippen LogP) is 3.00. The summed E-state index contributed by atoms with van der Waals surface area (Å²) < 4.78 is 0. The molecule has 5 N–H and O–H groups in total. The first kappa shape index (κ1) is 14.4. The number of aryl methyl sites for hydroxylation is 2. The lowest BCUT2D eigenvalue weighted by molar-refractivity contribution is 0.604. The van der Waals surface area contributed by atoms with Crippen molar-refractivity contribution in [3.8, 4) is 0 Å². The van der Waals surface area contributed by atoms with E-state index in [1.807, 2.05) is 19.1 Å². The van der Waals surface area contributed by atoms with Gasteiger partial charge in [0.2, 0.25) is 0 Å². The number of hydrogen-bond donors (Lipinski definition) is 3. The molecule has 4 nitrogen and oxygen atoms in total. The van der Waals surface area contributed by atoms with Crippen LogP contribution in [0.2, 0.25) is 0 Å². The van der Waals surface area contributed by atoms with Crippen molar-refractivity contribution in [1.29, 1.82) is 0 Å². The molecule has 1 aliphatic heterocycles. The molecule has 6 heteroatoms. The summed E-state index contributed by atoms with van der Waals surface area (Å²) in [7, 11) is 0. The highest BCUT2D eigenvalue weighted by molar-refractivity contribution is 8.03. The number of thiazole rings is 1. The Bertz CT molecular complexity index is 707. The summed E-state index contributed by atoms with van der Waals surface area (Å²) in [5.41, 5.74) is 16.7. The van der Waals surface area contributed by atoms with Gasteiger partial charge in [0.15, 0.2) is 10.1 Å². The Balaban J connectivity index is 1.92. The number of anilines is 1. The minimum atomic E-state index is -0.632. The molecule has 0 radical (unpaired) electrons. The van der Waals surface area contributed by atoms with E-state index in [1.54, 1.807) is 11.8 Å². The standard InChI is InChI=1S/C15H18N4S2/c1-3-10-6-4-5-7-11(10)15(17)19-12(8-20-15)13-9(2)18-14(16)21-13/h4-8,19H,3,17H2,1-2H3,(H2,16,18). The minimum absolute atomic E-state index is 0.582. The van der Waals surface area contributed by atoms with Crippen LogP contribution in [-0.2, 0) is 11.4 Å². The average Bonchev–Trinajstić information content (AvgIpc) is 3.02. The molecule has 21 heavy (non-hydrogen) atoms. The van der Waals surface area contributed by atoms with Gasteiger partial charge in [-0.05, 0) is 24.3 Å². The lowest BCUT2D eigenvalue weighted by Gasteiger charge is -2.28. The normalized spacial score (nSPS) is 21.2. The Morgan fingerprint density at radius 2 is 2.10 bits per heavy atom. The Kier molecular flexibility index (Phi) is 3.69. The van der Waals surface area contributed by atoms with E-state index in [4.69, 9.17) is 11.5 Å². The predicted molar refractivity (Wildman–Crippen MR) is 91.7 cm³/mol. The maximum atomic E-state index is 6.59. The van der Waals surface area contributed by atoms with Crippen LogP contribution < -0.4 is 16.8 Å². The molecule has 1 aromatic heterocycles. The fraction of sp³-hybridized carbons (Fsp3) is 0.267. The van der Waals surface area contributed by atoms with Crippen molar-refractivity contribution >= 4 is 33.9 Å². The molecule has 110 valence electrons. The van der Waals surface area contributed by atoms with Crippen LogP contribution in [0.4, 0.5) is 5.13 Å². The lowest BCUT2D eigenvalue weighted by Crippen LogP contribution is -2.44. The molecular formula is C15H18N4S2. The molecule has 1 aromatic carbocycles. The Morgan fingerprint density at radius 1 is 1.33 bits per heavy atom. The van der Waals surface area contributed by atoms with Gasteiger partial charge in [0.25, 0.3) is 0 Å². The van der Waals surface area contributed by atoms with Gasteiger partial charge < -0.3 is 11.1 Å². The molecule has 3 rings (SSSR count). The number of nitrogen functional groups attached to an aromatic ring is 1. The van der Waals surface area contributed by atoms with Crippen LogP contribution in [0.25, 0.3) is 5.70 Å². The molecule has 1 unspecified atom stereocenters. The van der Waals surface area contributed by atoms with Crippen LogP contribution >= 0.6 is 23.1 Å². The number of aromatic nitrogens is 1. The smallest absolute Gasteiger partial charge is 0.180 e. The SMILES string of the molecule is CCc1ccccc1C1(N)NC(c2sc(N)nc2C)=CS1. The van der Waals surface area contributed by atoms with Gasteiger partial charge >= 0.3 is 0 Å². The topological polar surface area (TPSA) is 77.0 Å². The Morgan fingerprint density at radius 3 is 2.76 bits per heavy atom. The second-order valence-corrected chi connectivity index (χ2v) is 7.13. The van der Waals surface area contributed by atoms with Crippen LogP contribution in [0.3, 0.4) is 0 Å². The summed E-state index contributed by atoms with van der Waals surface area (Å²) in [6.45, 7) is 4.11. The van der Waals surface area contributed by atoms with Crippen molar-refractivity contribution in [2.24, 2.45) is 5.73 Å². The highest BCUT2D eigenvalue weighted by Crippen LogP contribution is 2.42. The van der Waals surface area contributed by atoms with Crippen LogP contribution in [-0.4, -0.2) is 4.98 Å². The number of benzene rings is 1. The molecule has 0 spiro atoms. The van der Waals surface area contributed by atoms with Gasteiger partial charge in [-0.3, -0.25) is 5.73 Å². The summed E-state index contributed by atoms with van der Waals surface area (Å²) >= 11 is 3.08. The number of hydrogen-bond acceptors (Lipinski definition) is 6. The van der Waals surface area contributed by atoms with E-state index in [0.717, 1.165) is 28.3 Å². The Labute approximate surface area is 132 Å². The van der Waals surface area contributed by atoms with Crippen molar-refractivity contribution in [3.05, 3.63) is 51.4 Å². The fourth-order valence-corrected chi connectivity index (χ4v) is 4.37. The van der Waals surface area contributed by atoms with E-state index >= 15 is 0 Å². The quantitative estimate of drug-likeness (QED) is 0.811. The highest BCUT2D eigenvalue weighted by Gasteiger charge is 2.35. The number of nitrogens with one attached hydrogen (secondary N) is 1. The maximum absolute atomic E-state index is 6.59. The molecule has 0 amide bonds. The fourth-order valence-electron chi connectivity index (χ4n) is 2.51. The van der Waals surface area contributed by atoms with Crippen molar-refractivity contribution in [2.45, 2.75) is 25.3 Å². The first-order valence-corrected chi connectivity index (χ1v) is 8.50. The van der Waals surface area contributed by atoms with Gasteiger partial charge in [0.1, 0.15) is 0 Å². The van der Waals surface area contributed by atoms with Crippen LogP contribution in [0.5, 0.6) is 0 Å². The Hall–Kier alpha value is -1.50. The second kappa shape index (κ2) is 5.36. The first-order chi connectivity index (χ1) is 10.0. The van der Waals surface area contributed by atoms with Crippen molar-refractivity contribution < 1.29 is 0 Å². The lowest BCUT2D eigenvalue weighted by atomic mass is 10.0. The van der Waals surface area contributed by atoms with Crippen molar-refractivity contribution in [1.82, 2.24) is 10.3 Å².